The molecular weight excluding hydrogens is 324 g/mol. The van der Waals surface area contributed by atoms with Gasteiger partial charge in [0, 0.05) is 11.1 Å². The molecule has 2 rings (SSSR count). The van der Waals surface area contributed by atoms with Gasteiger partial charge in [-0.2, -0.15) is 4.68 Å². The minimum absolute atomic E-state index is 0.663. The van der Waals surface area contributed by atoms with Crippen molar-refractivity contribution in [3.05, 3.63) is 30.3 Å². The lowest BCUT2D eigenvalue weighted by Crippen LogP contribution is -2.06. The van der Waals surface area contributed by atoms with Gasteiger partial charge in [-0.05, 0) is 34.9 Å². The molecule has 0 amide bonds. The molecule has 2 aromatic rings. The summed E-state index contributed by atoms with van der Waals surface area (Å²) in [4.78, 5) is 0. The molecule has 0 aliphatic rings. The Morgan fingerprint density at radius 1 is 1.32 bits per heavy atom. The quantitative estimate of drug-likeness (QED) is 0.570. The summed E-state index contributed by atoms with van der Waals surface area (Å²) in [6, 6.07) is 9.99. The van der Waals surface area contributed by atoms with Crippen LogP contribution in [0.4, 0.5) is 0 Å². The van der Waals surface area contributed by atoms with E-state index in [2.05, 4.69) is 38.4 Å². The molecule has 1 unspecified atom stereocenters. The highest BCUT2D eigenvalue weighted by atomic mass is 79.9. The molecule has 0 radical (unpaired) electrons. The summed E-state index contributed by atoms with van der Waals surface area (Å²) in [7, 11) is 0. The Balaban J connectivity index is 2.04. The maximum absolute atomic E-state index is 4.11. The Hall–Kier alpha value is -0.880. The highest BCUT2D eigenvalue weighted by Crippen LogP contribution is 2.23. The van der Waals surface area contributed by atoms with Gasteiger partial charge in [0.15, 0.2) is 0 Å². The fourth-order valence-corrected chi connectivity index (χ4v) is 3.69. The van der Waals surface area contributed by atoms with Gasteiger partial charge in [-0.15, -0.1) is 5.10 Å². The van der Waals surface area contributed by atoms with Crippen LogP contribution in [0.15, 0.2) is 35.5 Å². The number of para-hydroxylation sites is 1. The van der Waals surface area contributed by atoms with Crippen molar-refractivity contribution in [2.24, 2.45) is 5.92 Å². The normalized spacial score (nSPS) is 12.5. The molecule has 1 heterocycles. The number of thioether (sulfide) groups is 1. The van der Waals surface area contributed by atoms with Crippen molar-refractivity contribution in [2.45, 2.75) is 24.9 Å². The molecule has 4 nitrogen and oxygen atoms in total. The lowest BCUT2D eigenvalue weighted by Gasteiger charge is -2.11. The van der Waals surface area contributed by atoms with Crippen LogP contribution < -0.4 is 0 Å². The van der Waals surface area contributed by atoms with Gasteiger partial charge in [-0.25, -0.2) is 0 Å². The Morgan fingerprint density at radius 3 is 2.79 bits per heavy atom. The second-order valence-electron chi connectivity index (χ2n) is 4.33. The molecule has 0 saturated heterocycles. The molecule has 0 bridgehead atoms. The molecule has 1 aromatic carbocycles. The maximum Gasteiger partial charge on any atom is 0.214 e. The standard InChI is InChI=1S/C13H17BrN4S/c1-2-6-11(9-14)10-19-13-15-16-17-18(13)12-7-4-3-5-8-12/h3-5,7-8,11H,2,6,9-10H2,1H3. The third kappa shape index (κ3) is 4.04. The van der Waals surface area contributed by atoms with E-state index in [4.69, 9.17) is 0 Å². The van der Waals surface area contributed by atoms with E-state index in [1.807, 2.05) is 30.3 Å². The van der Waals surface area contributed by atoms with E-state index in [0.717, 1.165) is 21.9 Å². The number of benzene rings is 1. The van der Waals surface area contributed by atoms with Crippen molar-refractivity contribution in [3.8, 4) is 5.69 Å². The molecule has 19 heavy (non-hydrogen) atoms. The minimum Gasteiger partial charge on any atom is -0.188 e. The molecule has 0 aliphatic heterocycles. The van der Waals surface area contributed by atoms with Crippen LogP contribution in [0.1, 0.15) is 19.8 Å². The van der Waals surface area contributed by atoms with Crippen LogP contribution in [0.2, 0.25) is 0 Å². The van der Waals surface area contributed by atoms with Crippen molar-refractivity contribution in [1.29, 1.82) is 0 Å². The van der Waals surface area contributed by atoms with Gasteiger partial charge >= 0.3 is 0 Å². The Bertz CT molecular complexity index is 488. The van der Waals surface area contributed by atoms with Crippen LogP contribution in [-0.4, -0.2) is 31.3 Å². The monoisotopic (exact) mass is 340 g/mol. The number of nitrogens with zero attached hydrogens (tertiary/aromatic N) is 4. The van der Waals surface area contributed by atoms with E-state index >= 15 is 0 Å². The van der Waals surface area contributed by atoms with Crippen molar-refractivity contribution in [1.82, 2.24) is 20.2 Å². The summed E-state index contributed by atoms with van der Waals surface area (Å²) in [5.74, 6) is 1.70. The summed E-state index contributed by atoms with van der Waals surface area (Å²) < 4.78 is 1.79. The molecule has 0 N–H and O–H groups in total. The molecule has 6 heteroatoms. The van der Waals surface area contributed by atoms with Crippen LogP contribution in [-0.2, 0) is 0 Å². The zero-order chi connectivity index (χ0) is 13.5. The van der Waals surface area contributed by atoms with Crippen LogP contribution in [0.5, 0.6) is 0 Å². The van der Waals surface area contributed by atoms with Crippen LogP contribution >= 0.6 is 27.7 Å². The molecule has 0 aliphatic carbocycles. The van der Waals surface area contributed by atoms with Crippen LogP contribution in [0.3, 0.4) is 0 Å². The first-order valence-corrected chi connectivity index (χ1v) is 8.48. The zero-order valence-electron chi connectivity index (χ0n) is 10.9. The highest BCUT2D eigenvalue weighted by molar-refractivity contribution is 9.09. The number of rotatable bonds is 7. The predicted octanol–water partition coefficient (Wildman–Crippen LogP) is 3.57. The van der Waals surface area contributed by atoms with Crippen molar-refractivity contribution < 1.29 is 0 Å². The molecule has 0 spiro atoms. The van der Waals surface area contributed by atoms with Gasteiger partial charge in [-0.1, -0.05) is 59.2 Å². The minimum atomic E-state index is 0.663. The van der Waals surface area contributed by atoms with E-state index in [1.165, 1.54) is 12.8 Å². The number of alkyl halides is 1. The van der Waals surface area contributed by atoms with Crippen molar-refractivity contribution in [2.75, 3.05) is 11.1 Å². The van der Waals surface area contributed by atoms with Crippen LogP contribution in [0.25, 0.3) is 5.69 Å². The predicted molar refractivity (Wildman–Crippen MR) is 82.1 cm³/mol. The SMILES string of the molecule is CCCC(CBr)CSc1nnnn1-c1ccccc1. The molecule has 0 fully saturated rings. The smallest absolute Gasteiger partial charge is 0.188 e. The van der Waals surface area contributed by atoms with Gasteiger partial charge in [0.2, 0.25) is 5.16 Å². The first kappa shape index (κ1) is 14.5. The van der Waals surface area contributed by atoms with Gasteiger partial charge in [0.05, 0.1) is 5.69 Å². The molecule has 0 saturated carbocycles. The topological polar surface area (TPSA) is 43.6 Å². The third-order valence-electron chi connectivity index (χ3n) is 2.80. The molecule has 102 valence electrons. The Kier molecular flexibility index (Phi) is 5.85. The maximum atomic E-state index is 4.11. The second kappa shape index (κ2) is 7.65. The highest BCUT2D eigenvalue weighted by Gasteiger charge is 2.12. The van der Waals surface area contributed by atoms with Gasteiger partial charge in [0.1, 0.15) is 0 Å². The fraction of sp³-hybridized carbons (Fsp3) is 0.462. The van der Waals surface area contributed by atoms with E-state index in [-0.39, 0.29) is 0 Å². The number of hydrogen-bond donors (Lipinski definition) is 0. The van der Waals surface area contributed by atoms with Gasteiger partial charge < -0.3 is 0 Å². The Morgan fingerprint density at radius 2 is 2.11 bits per heavy atom. The van der Waals surface area contributed by atoms with E-state index < -0.39 is 0 Å². The number of hydrogen-bond acceptors (Lipinski definition) is 4. The van der Waals surface area contributed by atoms with Gasteiger partial charge in [0.25, 0.3) is 0 Å². The van der Waals surface area contributed by atoms with E-state index in [1.54, 1.807) is 16.4 Å². The third-order valence-corrected chi connectivity index (χ3v) is 4.87. The average Bonchev–Trinajstić information content (AvgIpc) is 2.93. The Labute approximate surface area is 126 Å². The summed E-state index contributed by atoms with van der Waals surface area (Å²) in [5.41, 5.74) is 1.00. The van der Waals surface area contributed by atoms with E-state index in [9.17, 15) is 0 Å². The second-order valence-corrected chi connectivity index (χ2v) is 5.96. The summed E-state index contributed by atoms with van der Waals surface area (Å²) in [6.07, 6.45) is 2.44. The largest absolute Gasteiger partial charge is 0.214 e. The number of halogens is 1. The fourth-order valence-electron chi connectivity index (χ4n) is 1.81. The summed E-state index contributed by atoms with van der Waals surface area (Å²) in [6.45, 7) is 2.22. The first-order chi connectivity index (χ1) is 9.35. The van der Waals surface area contributed by atoms with Crippen molar-refractivity contribution in [3.63, 3.8) is 0 Å². The number of tetrazole rings is 1. The average molecular weight is 341 g/mol. The van der Waals surface area contributed by atoms with Gasteiger partial charge in [-0.3, -0.25) is 0 Å². The molecule has 1 atom stereocenters. The van der Waals surface area contributed by atoms with E-state index in [0.29, 0.717) is 5.92 Å². The van der Waals surface area contributed by atoms with Crippen molar-refractivity contribution >= 4 is 27.7 Å². The summed E-state index contributed by atoms with van der Waals surface area (Å²) >= 11 is 5.29. The summed E-state index contributed by atoms with van der Waals surface area (Å²) in [5, 5.41) is 13.8. The lowest BCUT2D eigenvalue weighted by atomic mass is 10.1. The first-order valence-electron chi connectivity index (χ1n) is 6.37. The van der Waals surface area contributed by atoms with Crippen LogP contribution in [0, 0.1) is 5.92 Å². The lowest BCUT2D eigenvalue weighted by molar-refractivity contribution is 0.596. The number of aromatic nitrogens is 4. The molecule has 1 aromatic heterocycles. The molecular formula is C13H17BrN4S. The zero-order valence-corrected chi connectivity index (χ0v) is 13.3.